The summed E-state index contributed by atoms with van der Waals surface area (Å²) in [5, 5.41) is 0. The van der Waals surface area contributed by atoms with E-state index in [4.69, 9.17) is 11.5 Å². The molecular formula is C9H15N3. The molecule has 0 saturated carbocycles. The second kappa shape index (κ2) is 2.66. The predicted molar refractivity (Wildman–Crippen MR) is 51.8 cm³/mol. The van der Waals surface area contributed by atoms with Crippen molar-refractivity contribution in [1.82, 2.24) is 4.98 Å². The van der Waals surface area contributed by atoms with Crippen molar-refractivity contribution in [2.24, 2.45) is 0 Å². The minimum atomic E-state index is -0.0161. The molecule has 1 aromatic heterocycles. The maximum Gasteiger partial charge on any atom is 0.0687 e. The third kappa shape index (κ3) is 1.67. The van der Waals surface area contributed by atoms with Gasteiger partial charge in [-0.3, -0.25) is 4.98 Å². The van der Waals surface area contributed by atoms with E-state index < -0.39 is 0 Å². The molecule has 4 N–H and O–H groups in total. The molecule has 3 nitrogen and oxygen atoms in total. The molecule has 0 aliphatic carbocycles. The Bertz CT molecular complexity index is 286. The molecule has 66 valence electrons. The summed E-state index contributed by atoms with van der Waals surface area (Å²) in [6, 6.07) is 1.74. The number of hydrogen-bond acceptors (Lipinski definition) is 3. The van der Waals surface area contributed by atoms with E-state index in [2.05, 4.69) is 25.8 Å². The van der Waals surface area contributed by atoms with Crippen LogP contribution in [0.3, 0.4) is 0 Å². The van der Waals surface area contributed by atoms with Crippen LogP contribution in [0.25, 0.3) is 0 Å². The molecule has 0 unspecified atom stereocenters. The van der Waals surface area contributed by atoms with E-state index in [1.165, 1.54) is 0 Å². The fourth-order valence-corrected chi connectivity index (χ4v) is 1.13. The number of anilines is 2. The lowest BCUT2D eigenvalue weighted by atomic mass is 9.90. The van der Waals surface area contributed by atoms with Crippen LogP contribution in [-0.4, -0.2) is 4.98 Å². The first kappa shape index (κ1) is 8.84. The summed E-state index contributed by atoms with van der Waals surface area (Å²) in [5.74, 6) is 0. The summed E-state index contributed by atoms with van der Waals surface area (Å²) in [4.78, 5) is 4.20. The van der Waals surface area contributed by atoms with Crippen molar-refractivity contribution in [1.29, 1.82) is 0 Å². The average molecular weight is 165 g/mol. The highest BCUT2D eigenvalue weighted by molar-refractivity contribution is 5.54. The average Bonchev–Trinajstić information content (AvgIpc) is 1.83. The van der Waals surface area contributed by atoms with Gasteiger partial charge in [-0.15, -0.1) is 0 Å². The number of rotatable bonds is 0. The first-order valence-electron chi connectivity index (χ1n) is 3.93. The molecule has 0 spiro atoms. The van der Waals surface area contributed by atoms with Gasteiger partial charge in [-0.05, 0) is 6.07 Å². The van der Waals surface area contributed by atoms with Crippen molar-refractivity contribution < 1.29 is 0 Å². The largest absolute Gasteiger partial charge is 0.397 e. The standard InChI is InChI=1S/C9H15N3/c1-9(2,3)8-7(11)4-6(10)5-12-8/h4-5H,10-11H2,1-3H3. The molecule has 1 aromatic rings. The summed E-state index contributed by atoms with van der Waals surface area (Å²) < 4.78 is 0. The monoisotopic (exact) mass is 165 g/mol. The first-order chi connectivity index (χ1) is 5.41. The van der Waals surface area contributed by atoms with Crippen LogP contribution in [0.1, 0.15) is 26.5 Å². The normalized spacial score (nSPS) is 11.6. The summed E-state index contributed by atoms with van der Waals surface area (Å²) in [6.45, 7) is 6.21. The lowest BCUT2D eigenvalue weighted by Gasteiger charge is -2.19. The molecule has 0 aliphatic rings. The van der Waals surface area contributed by atoms with Gasteiger partial charge in [0.1, 0.15) is 0 Å². The van der Waals surface area contributed by atoms with Crippen LogP contribution >= 0.6 is 0 Å². The molecule has 0 fully saturated rings. The van der Waals surface area contributed by atoms with E-state index in [1.54, 1.807) is 12.3 Å². The Hall–Kier alpha value is -1.25. The van der Waals surface area contributed by atoms with Crippen LogP contribution in [0, 0.1) is 0 Å². The Morgan fingerprint density at radius 3 is 2.25 bits per heavy atom. The number of pyridine rings is 1. The van der Waals surface area contributed by atoms with Crippen molar-refractivity contribution in [3.63, 3.8) is 0 Å². The number of nitrogen functional groups attached to an aromatic ring is 2. The smallest absolute Gasteiger partial charge is 0.0687 e. The number of nitrogens with zero attached hydrogens (tertiary/aromatic N) is 1. The minimum absolute atomic E-state index is 0.0161. The van der Waals surface area contributed by atoms with Crippen molar-refractivity contribution in [3.05, 3.63) is 18.0 Å². The van der Waals surface area contributed by atoms with Crippen LogP contribution in [-0.2, 0) is 5.41 Å². The van der Waals surface area contributed by atoms with Crippen LogP contribution in [0.5, 0.6) is 0 Å². The van der Waals surface area contributed by atoms with E-state index in [9.17, 15) is 0 Å². The summed E-state index contributed by atoms with van der Waals surface area (Å²) in [5.41, 5.74) is 13.5. The Labute approximate surface area is 72.8 Å². The molecule has 0 radical (unpaired) electrons. The van der Waals surface area contributed by atoms with E-state index in [0.29, 0.717) is 11.4 Å². The van der Waals surface area contributed by atoms with Gasteiger partial charge >= 0.3 is 0 Å². The molecule has 0 amide bonds. The quantitative estimate of drug-likeness (QED) is 0.613. The maximum absolute atomic E-state index is 5.77. The summed E-state index contributed by atoms with van der Waals surface area (Å²) in [7, 11) is 0. The molecule has 1 heterocycles. The fourth-order valence-electron chi connectivity index (χ4n) is 1.13. The second-order valence-corrected chi connectivity index (χ2v) is 3.96. The van der Waals surface area contributed by atoms with Crippen molar-refractivity contribution in [3.8, 4) is 0 Å². The number of aromatic nitrogens is 1. The Balaban J connectivity index is 3.19. The van der Waals surface area contributed by atoms with Crippen molar-refractivity contribution in [2.75, 3.05) is 11.5 Å². The zero-order valence-electron chi connectivity index (χ0n) is 7.76. The van der Waals surface area contributed by atoms with Gasteiger partial charge in [0, 0.05) is 5.41 Å². The van der Waals surface area contributed by atoms with E-state index in [1.807, 2.05) is 0 Å². The molecule has 3 heteroatoms. The van der Waals surface area contributed by atoms with Gasteiger partial charge < -0.3 is 11.5 Å². The van der Waals surface area contributed by atoms with Crippen LogP contribution in [0.4, 0.5) is 11.4 Å². The Morgan fingerprint density at radius 1 is 1.25 bits per heavy atom. The van der Waals surface area contributed by atoms with Gasteiger partial charge in [-0.2, -0.15) is 0 Å². The van der Waals surface area contributed by atoms with Gasteiger partial charge in [-0.1, -0.05) is 20.8 Å². The molecule has 0 bridgehead atoms. The lowest BCUT2D eigenvalue weighted by molar-refractivity contribution is 0.572. The Kier molecular flexibility index (Phi) is 1.96. The lowest BCUT2D eigenvalue weighted by Crippen LogP contribution is -2.16. The SMILES string of the molecule is CC(C)(C)c1ncc(N)cc1N. The molecule has 1 rings (SSSR count). The molecule has 0 aliphatic heterocycles. The summed E-state index contributed by atoms with van der Waals surface area (Å²) >= 11 is 0. The maximum atomic E-state index is 5.77. The molecule has 0 aromatic carbocycles. The van der Waals surface area contributed by atoms with E-state index in [0.717, 1.165) is 5.69 Å². The van der Waals surface area contributed by atoms with Crippen molar-refractivity contribution in [2.45, 2.75) is 26.2 Å². The third-order valence-electron chi connectivity index (χ3n) is 1.65. The van der Waals surface area contributed by atoms with Crippen molar-refractivity contribution >= 4 is 11.4 Å². The zero-order valence-corrected chi connectivity index (χ0v) is 7.76. The van der Waals surface area contributed by atoms with E-state index in [-0.39, 0.29) is 5.41 Å². The molecule has 0 atom stereocenters. The van der Waals surface area contributed by atoms with Crippen LogP contribution in [0.15, 0.2) is 12.3 Å². The minimum Gasteiger partial charge on any atom is -0.397 e. The van der Waals surface area contributed by atoms with E-state index >= 15 is 0 Å². The number of nitrogens with two attached hydrogens (primary N) is 2. The molecule has 0 saturated heterocycles. The van der Waals surface area contributed by atoms with Gasteiger partial charge in [-0.25, -0.2) is 0 Å². The third-order valence-corrected chi connectivity index (χ3v) is 1.65. The first-order valence-corrected chi connectivity index (χ1v) is 3.93. The molecule has 12 heavy (non-hydrogen) atoms. The van der Waals surface area contributed by atoms with Gasteiger partial charge in [0.2, 0.25) is 0 Å². The van der Waals surface area contributed by atoms with Gasteiger partial charge in [0.05, 0.1) is 23.3 Å². The van der Waals surface area contributed by atoms with Crippen LogP contribution < -0.4 is 11.5 Å². The highest BCUT2D eigenvalue weighted by atomic mass is 14.8. The fraction of sp³-hybridized carbons (Fsp3) is 0.444. The van der Waals surface area contributed by atoms with Crippen LogP contribution in [0.2, 0.25) is 0 Å². The second-order valence-electron chi connectivity index (χ2n) is 3.96. The van der Waals surface area contributed by atoms with Gasteiger partial charge in [0.25, 0.3) is 0 Å². The number of hydrogen-bond donors (Lipinski definition) is 2. The highest BCUT2D eigenvalue weighted by Crippen LogP contribution is 2.26. The van der Waals surface area contributed by atoms with Gasteiger partial charge in [0.15, 0.2) is 0 Å². The highest BCUT2D eigenvalue weighted by Gasteiger charge is 2.18. The molecular weight excluding hydrogens is 150 g/mol. The predicted octanol–water partition coefficient (Wildman–Crippen LogP) is 1.54. The topological polar surface area (TPSA) is 64.9 Å². The Morgan fingerprint density at radius 2 is 1.83 bits per heavy atom. The zero-order chi connectivity index (χ0) is 9.35. The summed E-state index contributed by atoms with van der Waals surface area (Å²) in [6.07, 6.45) is 1.64.